The number of nitrogens with one attached hydrogen (secondary N) is 1. The van der Waals surface area contributed by atoms with Crippen molar-refractivity contribution in [1.82, 2.24) is 10.3 Å². The second-order valence-corrected chi connectivity index (χ2v) is 7.08. The number of nitrogens with zero attached hydrogens (tertiary/aromatic N) is 1. The summed E-state index contributed by atoms with van der Waals surface area (Å²) in [6.45, 7) is 7.60. The predicted molar refractivity (Wildman–Crippen MR) is 92.8 cm³/mol. The van der Waals surface area contributed by atoms with E-state index >= 15 is 0 Å². The average molecular weight is 300 g/mol. The van der Waals surface area contributed by atoms with E-state index in [1.54, 1.807) is 11.3 Å². The third kappa shape index (κ3) is 5.82. The van der Waals surface area contributed by atoms with E-state index in [1.807, 2.05) is 6.07 Å². The molecule has 1 aromatic heterocycles. The Morgan fingerprint density at radius 1 is 1.14 bits per heavy atom. The Balaban J connectivity index is 1.78. The lowest BCUT2D eigenvalue weighted by Crippen LogP contribution is -2.36. The normalized spacial score (nSPS) is 12.1. The maximum absolute atomic E-state index is 4.69. The van der Waals surface area contributed by atoms with Gasteiger partial charge in [-0.3, -0.25) is 0 Å². The number of hydrogen-bond donors (Lipinski definition) is 1. The van der Waals surface area contributed by atoms with Gasteiger partial charge in [0.1, 0.15) is 0 Å². The van der Waals surface area contributed by atoms with Gasteiger partial charge in [-0.1, -0.05) is 42.5 Å². The van der Waals surface area contributed by atoms with E-state index in [4.69, 9.17) is 0 Å². The summed E-state index contributed by atoms with van der Waals surface area (Å²) in [5, 5.41) is 6.80. The number of rotatable bonds is 6. The monoisotopic (exact) mass is 300 g/mol. The second kappa shape index (κ2) is 7.53. The van der Waals surface area contributed by atoms with Crippen LogP contribution < -0.4 is 5.32 Å². The molecule has 1 N–H and O–H groups in total. The minimum Gasteiger partial charge on any atom is -0.312 e. The van der Waals surface area contributed by atoms with E-state index in [0.717, 1.165) is 25.1 Å². The summed E-state index contributed by atoms with van der Waals surface area (Å²) in [4.78, 5) is 4.69. The highest BCUT2D eigenvalue weighted by molar-refractivity contribution is 7.10. The van der Waals surface area contributed by atoms with Gasteiger partial charge in [-0.25, -0.2) is 4.98 Å². The quantitative estimate of drug-likeness (QED) is 0.618. The van der Waals surface area contributed by atoms with Crippen LogP contribution in [0.15, 0.2) is 47.9 Å². The van der Waals surface area contributed by atoms with Crippen LogP contribution >= 0.6 is 11.3 Å². The van der Waals surface area contributed by atoms with Crippen LogP contribution in [0.5, 0.6) is 0 Å². The molecule has 2 nitrogen and oxygen atoms in total. The molecule has 0 fully saturated rings. The Morgan fingerprint density at radius 3 is 2.62 bits per heavy atom. The fourth-order valence-electron chi connectivity index (χ4n) is 1.98. The van der Waals surface area contributed by atoms with Crippen molar-refractivity contribution in [3.8, 4) is 11.3 Å². The highest BCUT2D eigenvalue weighted by Crippen LogP contribution is 2.21. The van der Waals surface area contributed by atoms with E-state index < -0.39 is 0 Å². The zero-order valence-corrected chi connectivity index (χ0v) is 13.9. The molecule has 0 radical (unpaired) electrons. The molecule has 1 aromatic carbocycles. The molecule has 0 amide bonds. The third-order valence-electron chi connectivity index (χ3n) is 3.05. The molecule has 3 heteroatoms. The number of benzene rings is 1. The molecule has 0 unspecified atom stereocenters. The molecule has 0 bridgehead atoms. The standard InChI is InChI=1S/C18H24N2S/c1-18(2,3)19-13-9-5-8-12-17-20-16(14-21-17)15-10-6-4-7-11-15/h4-8,10-11,14,19H,9,12-13H2,1-3H3. The van der Waals surface area contributed by atoms with E-state index in [2.05, 4.69) is 72.9 Å². The van der Waals surface area contributed by atoms with Gasteiger partial charge in [0.05, 0.1) is 10.7 Å². The molecule has 1 heterocycles. The Morgan fingerprint density at radius 2 is 1.90 bits per heavy atom. The van der Waals surface area contributed by atoms with Gasteiger partial charge in [0.25, 0.3) is 0 Å². The molecule has 112 valence electrons. The number of aromatic nitrogens is 1. The van der Waals surface area contributed by atoms with Gasteiger partial charge in [0.2, 0.25) is 0 Å². The molecule has 2 aromatic rings. The Kier molecular flexibility index (Phi) is 5.71. The molecule has 0 saturated heterocycles. The molecule has 0 aliphatic heterocycles. The van der Waals surface area contributed by atoms with E-state index in [-0.39, 0.29) is 5.54 Å². The van der Waals surface area contributed by atoms with Gasteiger partial charge in [0, 0.05) is 22.9 Å². The Bertz CT molecular complexity index is 564. The average Bonchev–Trinajstić information content (AvgIpc) is 2.91. The molecule has 21 heavy (non-hydrogen) atoms. The van der Waals surface area contributed by atoms with Crippen LogP contribution in [0.2, 0.25) is 0 Å². The van der Waals surface area contributed by atoms with Crippen molar-refractivity contribution in [3.63, 3.8) is 0 Å². The molecular formula is C18H24N2S. The second-order valence-electron chi connectivity index (χ2n) is 6.13. The zero-order valence-electron chi connectivity index (χ0n) is 13.1. The lowest BCUT2D eigenvalue weighted by Gasteiger charge is -2.19. The lowest BCUT2D eigenvalue weighted by atomic mass is 10.1. The smallest absolute Gasteiger partial charge is 0.0970 e. The SMILES string of the molecule is CC(C)(C)NCCC=CCc1nc(-c2ccccc2)cs1. The summed E-state index contributed by atoms with van der Waals surface area (Å²) in [6.07, 6.45) is 6.45. The van der Waals surface area contributed by atoms with Crippen molar-refractivity contribution in [2.45, 2.75) is 39.2 Å². The first-order valence-corrected chi connectivity index (χ1v) is 8.32. The molecule has 0 atom stereocenters. The predicted octanol–water partition coefficient (Wildman–Crippen LogP) is 4.69. The van der Waals surface area contributed by atoms with Gasteiger partial charge < -0.3 is 5.32 Å². The van der Waals surface area contributed by atoms with Crippen molar-refractivity contribution < 1.29 is 0 Å². The van der Waals surface area contributed by atoms with Crippen molar-refractivity contribution in [1.29, 1.82) is 0 Å². The molecule has 0 aliphatic carbocycles. The summed E-state index contributed by atoms with van der Waals surface area (Å²) in [7, 11) is 0. The maximum atomic E-state index is 4.69. The molecule has 0 saturated carbocycles. The van der Waals surface area contributed by atoms with Crippen LogP contribution in [-0.2, 0) is 6.42 Å². The number of allylic oxidation sites excluding steroid dienone is 1. The van der Waals surface area contributed by atoms with Crippen LogP contribution in [0.4, 0.5) is 0 Å². The molecule has 0 spiro atoms. The first-order chi connectivity index (χ1) is 10.0. The Hall–Kier alpha value is -1.45. The van der Waals surface area contributed by atoms with Gasteiger partial charge in [-0.2, -0.15) is 0 Å². The van der Waals surface area contributed by atoms with Crippen molar-refractivity contribution in [3.05, 3.63) is 52.9 Å². The van der Waals surface area contributed by atoms with E-state index in [1.165, 1.54) is 10.6 Å². The van der Waals surface area contributed by atoms with Crippen molar-refractivity contribution >= 4 is 11.3 Å². The fraction of sp³-hybridized carbons (Fsp3) is 0.389. The van der Waals surface area contributed by atoms with Crippen LogP contribution in [-0.4, -0.2) is 17.1 Å². The van der Waals surface area contributed by atoms with Crippen molar-refractivity contribution in [2.75, 3.05) is 6.54 Å². The van der Waals surface area contributed by atoms with Crippen LogP contribution in [0.25, 0.3) is 11.3 Å². The first kappa shape index (κ1) is 15.9. The van der Waals surface area contributed by atoms with Crippen LogP contribution in [0, 0.1) is 0 Å². The minimum atomic E-state index is 0.202. The van der Waals surface area contributed by atoms with Crippen molar-refractivity contribution in [2.24, 2.45) is 0 Å². The van der Waals surface area contributed by atoms with Gasteiger partial charge in [0.15, 0.2) is 0 Å². The topological polar surface area (TPSA) is 24.9 Å². The third-order valence-corrected chi connectivity index (χ3v) is 3.92. The van der Waals surface area contributed by atoms with Gasteiger partial charge in [-0.15, -0.1) is 11.3 Å². The zero-order chi connectivity index (χ0) is 15.1. The van der Waals surface area contributed by atoms with E-state index in [9.17, 15) is 0 Å². The van der Waals surface area contributed by atoms with Gasteiger partial charge in [-0.05, 0) is 33.7 Å². The number of hydrogen-bond acceptors (Lipinski definition) is 3. The Labute approximate surface area is 131 Å². The van der Waals surface area contributed by atoms with Crippen LogP contribution in [0.1, 0.15) is 32.2 Å². The lowest BCUT2D eigenvalue weighted by molar-refractivity contribution is 0.431. The summed E-state index contributed by atoms with van der Waals surface area (Å²) in [5.74, 6) is 0. The minimum absolute atomic E-state index is 0.202. The summed E-state index contributed by atoms with van der Waals surface area (Å²) in [5.41, 5.74) is 2.48. The van der Waals surface area contributed by atoms with Gasteiger partial charge >= 0.3 is 0 Å². The maximum Gasteiger partial charge on any atom is 0.0970 e. The summed E-state index contributed by atoms with van der Waals surface area (Å²) < 4.78 is 0. The molecular weight excluding hydrogens is 276 g/mol. The summed E-state index contributed by atoms with van der Waals surface area (Å²) in [6, 6.07) is 10.3. The summed E-state index contributed by atoms with van der Waals surface area (Å²) >= 11 is 1.73. The molecule has 0 aliphatic rings. The van der Waals surface area contributed by atoms with Crippen LogP contribution in [0.3, 0.4) is 0 Å². The highest BCUT2D eigenvalue weighted by Gasteiger charge is 2.06. The first-order valence-electron chi connectivity index (χ1n) is 7.44. The van der Waals surface area contributed by atoms with E-state index in [0.29, 0.717) is 0 Å². The molecule has 2 rings (SSSR count). The highest BCUT2D eigenvalue weighted by atomic mass is 32.1. The largest absolute Gasteiger partial charge is 0.312 e. The fourth-order valence-corrected chi connectivity index (χ4v) is 2.76. The number of thiazole rings is 1.